The molecule has 0 saturated carbocycles. The van der Waals surface area contributed by atoms with Gasteiger partial charge in [0.15, 0.2) is 0 Å². The molecule has 1 atom stereocenters. The van der Waals surface area contributed by atoms with Crippen molar-refractivity contribution < 1.29 is 8.78 Å². The van der Waals surface area contributed by atoms with Crippen LogP contribution in [-0.2, 0) is 6.54 Å². The lowest BCUT2D eigenvalue weighted by Crippen LogP contribution is -2.27. The second kappa shape index (κ2) is 6.24. The fourth-order valence-electron chi connectivity index (χ4n) is 1.44. The van der Waals surface area contributed by atoms with Crippen molar-refractivity contribution in [2.75, 3.05) is 0 Å². The maximum absolute atomic E-state index is 13.3. The highest BCUT2D eigenvalue weighted by molar-refractivity contribution is 5.18. The Hall–Kier alpha value is -1.40. The van der Waals surface area contributed by atoms with E-state index in [0.29, 0.717) is 18.5 Å². The van der Waals surface area contributed by atoms with E-state index in [1.807, 2.05) is 6.92 Å². The first-order valence-corrected chi connectivity index (χ1v) is 5.28. The predicted molar refractivity (Wildman–Crippen MR) is 60.7 cm³/mol. The van der Waals surface area contributed by atoms with Gasteiger partial charge in [0.25, 0.3) is 0 Å². The summed E-state index contributed by atoms with van der Waals surface area (Å²) < 4.78 is 26.1. The number of nitrogens with one attached hydrogen (secondary N) is 1. The van der Waals surface area contributed by atoms with Gasteiger partial charge in [0.2, 0.25) is 0 Å². The van der Waals surface area contributed by atoms with Crippen LogP contribution in [0, 0.1) is 24.0 Å². The zero-order valence-corrected chi connectivity index (χ0v) is 9.26. The first kappa shape index (κ1) is 12.7. The van der Waals surface area contributed by atoms with Gasteiger partial charge in [-0.1, -0.05) is 6.92 Å². The molecule has 1 unspecified atom stereocenters. The molecule has 1 N–H and O–H groups in total. The van der Waals surface area contributed by atoms with Crippen LogP contribution in [0.2, 0.25) is 0 Å². The van der Waals surface area contributed by atoms with Crippen molar-refractivity contribution in [1.82, 2.24) is 5.32 Å². The fourth-order valence-corrected chi connectivity index (χ4v) is 1.44. The van der Waals surface area contributed by atoms with Gasteiger partial charge in [-0.15, -0.1) is 12.3 Å². The minimum Gasteiger partial charge on any atom is -0.309 e. The molecule has 0 aliphatic heterocycles. The largest absolute Gasteiger partial charge is 0.309 e. The van der Waals surface area contributed by atoms with E-state index in [4.69, 9.17) is 6.42 Å². The molecule has 1 aromatic carbocycles. The topological polar surface area (TPSA) is 12.0 Å². The summed E-state index contributed by atoms with van der Waals surface area (Å²) in [6.07, 6.45) is 6.66. The van der Waals surface area contributed by atoms with Crippen molar-refractivity contribution in [3.8, 4) is 12.3 Å². The van der Waals surface area contributed by atoms with Gasteiger partial charge in [0, 0.05) is 24.6 Å². The lowest BCUT2D eigenvalue weighted by Gasteiger charge is -2.14. The summed E-state index contributed by atoms with van der Waals surface area (Å²) in [5, 5.41) is 3.11. The first-order valence-electron chi connectivity index (χ1n) is 5.28. The molecule has 0 aromatic heterocycles. The average Bonchev–Trinajstić information content (AvgIpc) is 2.28. The van der Waals surface area contributed by atoms with Crippen LogP contribution in [0.1, 0.15) is 25.3 Å². The van der Waals surface area contributed by atoms with Gasteiger partial charge >= 0.3 is 0 Å². The number of rotatable bonds is 5. The minimum atomic E-state index is -0.428. The highest BCUT2D eigenvalue weighted by atomic mass is 19.1. The second-order valence-corrected chi connectivity index (χ2v) is 3.63. The van der Waals surface area contributed by atoms with Gasteiger partial charge in [-0.2, -0.15) is 0 Å². The summed E-state index contributed by atoms with van der Waals surface area (Å²) in [5.74, 6) is 1.72. The summed E-state index contributed by atoms with van der Waals surface area (Å²) in [6, 6.07) is 3.59. The van der Waals surface area contributed by atoms with Crippen molar-refractivity contribution in [2.45, 2.75) is 32.4 Å². The van der Waals surface area contributed by atoms with Gasteiger partial charge in [0.1, 0.15) is 11.6 Å². The second-order valence-electron chi connectivity index (χ2n) is 3.63. The number of hydrogen-bond donors (Lipinski definition) is 1. The monoisotopic (exact) mass is 223 g/mol. The van der Waals surface area contributed by atoms with Crippen LogP contribution in [0.5, 0.6) is 0 Å². The molecule has 0 saturated heterocycles. The molecule has 0 spiro atoms. The lowest BCUT2D eigenvalue weighted by atomic mass is 10.1. The summed E-state index contributed by atoms with van der Waals surface area (Å²) in [6.45, 7) is 2.29. The van der Waals surface area contributed by atoms with Crippen molar-refractivity contribution >= 4 is 0 Å². The molecule has 0 amide bonds. The third kappa shape index (κ3) is 3.63. The van der Waals surface area contributed by atoms with Crippen LogP contribution in [0.3, 0.4) is 0 Å². The maximum atomic E-state index is 13.3. The van der Waals surface area contributed by atoms with E-state index in [0.717, 1.165) is 18.6 Å². The Morgan fingerprint density at radius 3 is 2.81 bits per heavy atom. The van der Waals surface area contributed by atoms with Crippen LogP contribution in [0.25, 0.3) is 0 Å². The summed E-state index contributed by atoms with van der Waals surface area (Å²) in [7, 11) is 0. The molecular weight excluding hydrogens is 208 g/mol. The summed E-state index contributed by atoms with van der Waals surface area (Å²) in [5.41, 5.74) is 0.329. The first-order chi connectivity index (χ1) is 7.67. The SMILES string of the molecule is C#CCC(CC)NCc1cc(F)ccc1F. The molecule has 0 aliphatic rings. The van der Waals surface area contributed by atoms with Crippen LogP contribution in [0.15, 0.2) is 18.2 Å². The lowest BCUT2D eigenvalue weighted by molar-refractivity contribution is 0.491. The van der Waals surface area contributed by atoms with Crippen molar-refractivity contribution in [2.24, 2.45) is 0 Å². The van der Waals surface area contributed by atoms with E-state index < -0.39 is 11.6 Å². The third-order valence-corrected chi connectivity index (χ3v) is 2.45. The molecule has 0 heterocycles. The van der Waals surface area contributed by atoms with Crippen molar-refractivity contribution in [3.05, 3.63) is 35.4 Å². The van der Waals surface area contributed by atoms with Crippen LogP contribution in [0.4, 0.5) is 8.78 Å². The molecule has 0 aliphatic carbocycles. The maximum Gasteiger partial charge on any atom is 0.127 e. The van der Waals surface area contributed by atoms with Gasteiger partial charge in [0.05, 0.1) is 0 Å². The number of halogens is 2. The number of benzene rings is 1. The number of hydrogen-bond acceptors (Lipinski definition) is 1. The van der Waals surface area contributed by atoms with E-state index in [1.54, 1.807) is 0 Å². The van der Waals surface area contributed by atoms with E-state index in [1.165, 1.54) is 6.07 Å². The van der Waals surface area contributed by atoms with E-state index >= 15 is 0 Å². The van der Waals surface area contributed by atoms with Gasteiger partial charge in [-0.05, 0) is 24.6 Å². The Bertz CT molecular complexity index is 382. The van der Waals surface area contributed by atoms with Crippen molar-refractivity contribution in [1.29, 1.82) is 0 Å². The molecule has 1 nitrogen and oxygen atoms in total. The highest BCUT2D eigenvalue weighted by Gasteiger charge is 2.07. The Morgan fingerprint density at radius 1 is 1.44 bits per heavy atom. The van der Waals surface area contributed by atoms with E-state index in [-0.39, 0.29) is 6.04 Å². The fraction of sp³-hybridized carbons (Fsp3) is 0.385. The molecule has 1 rings (SSSR count). The summed E-state index contributed by atoms with van der Waals surface area (Å²) >= 11 is 0. The third-order valence-electron chi connectivity index (χ3n) is 2.45. The van der Waals surface area contributed by atoms with Crippen molar-refractivity contribution in [3.63, 3.8) is 0 Å². The quantitative estimate of drug-likeness (QED) is 0.757. The Kier molecular flexibility index (Phi) is 4.94. The van der Waals surface area contributed by atoms with E-state index in [2.05, 4.69) is 11.2 Å². The smallest absolute Gasteiger partial charge is 0.127 e. The van der Waals surface area contributed by atoms with Gasteiger partial charge < -0.3 is 5.32 Å². The number of terminal acetylenes is 1. The molecule has 86 valence electrons. The predicted octanol–water partition coefficient (Wildman–Crippen LogP) is 2.86. The van der Waals surface area contributed by atoms with Crippen LogP contribution < -0.4 is 5.32 Å². The highest BCUT2D eigenvalue weighted by Crippen LogP contribution is 2.10. The molecule has 0 bridgehead atoms. The van der Waals surface area contributed by atoms with Gasteiger partial charge in [-0.3, -0.25) is 0 Å². The molecular formula is C13H15F2N. The Balaban J connectivity index is 2.60. The zero-order chi connectivity index (χ0) is 12.0. The molecule has 0 radical (unpaired) electrons. The van der Waals surface area contributed by atoms with Crippen LogP contribution in [-0.4, -0.2) is 6.04 Å². The van der Waals surface area contributed by atoms with Gasteiger partial charge in [-0.25, -0.2) is 8.78 Å². The van der Waals surface area contributed by atoms with Crippen LogP contribution >= 0.6 is 0 Å². The zero-order valence-electron chi connectivity index (χ0n) is 9.26. The molecule has 3 heteroatoms. The Morgan fingerprint density at radius 2 is 2.19 bits per heavy atom. The average molecular weight is 223 g/mol. The Labute approximate surface area is 94.9 Å². The molecule has 0 fully saturated rings. The van der Waals surface area contributed by atoms with E-state index in [9.17, 15) is 8.78 Å². The standard InChI is InChI=1S/C13H15F2N/c1-3-5-12(4-2)16-9-10-8-11(14)6-7-13(10)15/h1,6-8,12,16H,4-5,9H2,2H3. The molecule has 1 aromatic rings. The molecule has 16 heavy (non-hydrogen) atoms. The normalized spacial score (nSPS) is 12.1. The summed E-state index contributed by atoms with van der Waals surface area (Å²) in [4.78, 5) is 0. The minimum absolute atomic E-state index is 0.146.